The molecule has 0 aromatic heterocycles. The van der Waals surface area contributed by atoms with E-state index < -0.39 is 0 Å². The second-order valence-electron chi connectivity index (χ2n) is 7.45. The Kier molecular flexibility index (Phi) is 6.27. The van der Waals surface area contributed by atoms with E-state index in [2.05, 4.69) is 17.6 Å². The number of carbonyl (C=O) groups excluding carboxylic acids is 2. The van der Waals surface area contributed by atoms with Crippen LogP contribution in [0.5, 0.6) is 0 Å². The number of carbonyl (C=O) groups is 2. The number of piperidine rings is 1. The first kappa shape index (κ1) is 18.9. The van der Waals surface area contributed by atoms with E-state index in [4.69, 9.17) is 4.74 Å². The molecule has 0 bridgehead atoms. The van der Waals surface area contributed by atoms with Gasteiger partial charge in [-0.3, -0.25) is 9.59 Å². The normalized spacial score (nSPS) is 21.5. The highest BCUT2D eigenvalue weighted by Gasteiger charge is 2.22. The van der Waals surface area contributed by atoms with Crippen molar-refractivity contribution >= 4 is 17.5 Å². The van der Waals surface area contributed by atoms with Gasteiger partial charge in [-0.25, -0.2) is 0 Å². The molecule has 0 saturated carbocycles. The molecule has 26 heavy (non-hydrogen) atoms. The van der Waals surface area contributed by atoms with Crippen LogP contribution >= 0.6 is 0 Å². The number of aryl methyl sites for hydroxylation is 1. The van der Waals surface area contributed by atoms with Crippen LogP contribution in [0.4, 0.5) is 5.69 Å². The van der Waals surface area contributed by atoms with Crippen molar-refractivity contribution in [3.63, 3.8) is 0 Å². The summed E-state index contributed by atoms with van der Waals surface area (Å²) in [6.07, 6.45) is 2.39. The summed E-state index contributed by atoms with van der Waals surface area (Å²) in [5.41, 5.74) is 2.34. The van der Waals surface area contributed by atoms with Gasteiger partial charge in [-0.2, -0.15) is 0 Å². The lowest BCUT2D eigenvalue weighted by Gasteiger charge is -2.30. The van der Waals surface area contributed by atoms with Crippen LogP contribution in [0.15, 0.2) is 18.2 Å². The summed E-state index contributed by atoms with van der Waals surface area (Å²) in [6, 6.07) is 5.50. The molecule has 2 heterocycles. The van der Waals surface area contributed by atoms with Gasteiger partial charge < -0.3 is 20.3 Å². The number of benzene rings is 1. The number of ether oxygens (including phenoxy) is 1. The molecule has 1 atom stereocenters. The maximum Gasteiger partial charge on any atom is 0.253 e. The highest BCUT2D eigenvalue weighted by molar-refractivity contribution is 5.96. The number of nitrogens with one attached hydrogen (secondary N) is 2. The molecule has 0 aliphatic carbocycles. The zero-order valence-electron chi connectivity index (χ0n) is 15.7. The minimum absolute atomic E-state index is 0.0640. The summed E-state index contributed by atoms with van der Waals surface area (Å²) < 4.78 is 5.57. The van der Waals surface area contributed by atoms with Gasteiger partial charge in [0.25, 0.3) is 5.91 Å². The molecule has 6 nitrogen and oxygen atoms in total. The minimum atomic E-state index is -0.0774. The van der Waals surface area contributed by atoms with E-state index in [1.54, 1.807) is 0 Å². The molecule has 1 unspecified atom stereocenters. The number of likely N-dealkylation sites (tertiary alicyclic amines) is 1. The van der Waals surface area contributed by atoms with Crippen LogP contribution in [0, 0.1) is 12.8 Å². The third-order valence-corrected chi connectivity index (χ3v) is 5.24. The van der Waals surface area contributed by atoms with Gasteiger partial charge in [0.15, 0.2) is 0 Å². The van der Waals surface area contributed by atoms with E-state index in [1.165, 1.54) is 0 Å². The fourth-order valence-corrected chi connectivity index (χ4v) is 3.49. The number of anilines is 1. The van der Waals surface area contributed by atoms with Gasteiger partial charge in [0.2, 0.25) is 5.91 Å². The second kappa shape index (κ2) is 8.64. The van der Waals surface area contributed by atoms with Gasteiger partial charge >= 0.3 is 0 Å². The van der Waals surface area contributed by atoms with Crippen molar-refractivity contribution in [2.75, 3.05) is 38.1 Å². The molecular formula is C20H29N3O3. The molecule has 2 aliphatic rings. The number of amides is 2. The summed E-state index contributed by atoms with van der Waals surface area (Å²) >= 11 is 0. The number of hydrogen-bond acceptors (Lipinski definition) is 4. The lowest BCUT2D eigenvalue weighted by Crippen LogP contribution is -2.40. The molecule has 2 saturated heterocycles. The molecule has 3 rings (SSSR count). The molecule has 0 spiro atoms. The Morgan fingerprint density at radius 3 is 2.73 bits per heavy atom. The van der Waals surface area contributed by atoms with Crippen LogP contribution in [-0.4, -0.2) is 55.6 Å². The average molecular weight is 359 g/mol. The van der Waals surface area contributed by atoms with Gasteiger partial charge in [0, 0.05) is 37.4 Å². The van der Waals surface area contributed by atoms with E-state index in [9.17, 15) is 9.59 Å². The first-order valence-electron chi connectivity index (χ1n) is 9.55. The molecule has 0 radical (unpaired) electrons. The molecule has 2 amide bonds. The van der Waals surface area contributed by atoms with Crippen LogP contribution in [-0.2, 0) is 9.53 Å². The highest BCUT2D eigenvalue weighted by Crippen LogP contribution is 2.21. The fourth-order valence-electron chi connectivity index (χ4n) is 3.49. The van der Waals surface area contributed by atoms with Gasteiger partial charge in [-0.15, -0.1) is 0 Å². The molecular weight excluding hydrogens is 330 g/mol. The molecule has 2 N–H and O–H groups in total. The van der Waals surface area contributed by atoms with E-state index in [0.29, 0.717) is 31.1 Å². The number of nitrogens with zero attached hydrogens (tertiary/aromatic N) is 1. The Balaban J connectivity index is 1.58. The topological polar surface area (TPSA) is 70.7 Å². The Bertz CT molecular complexity index is 648. The van der Waals surface area contributed by atoms with E-state index in [1.807, 2.05) is 30.0 Å². The van der Waals surface area contributed by atoms with Crippen molar-refractivity contribution in [1.82, 2.24) is 10.2 Å². The second-order valence-corrected chi connectivity index (χ2v) is 7.45. The van der Waals surface area contributed by atoms with Gasteiger partial charge in [0.1, 0.15) is 0 Å². The predicted octanol–water partition coefficient (Wildman–Crippen LogP) is 2.18. The lowest BCUT2D eigenvalue weighted by molar-refractivity contribution is -0.119. The van der Waals surface area contributed by atoms with Crippen molar-refractivity contribution in [1.29, 1.82) is 0 Å². The number of morpholine rings is 1. The van der Waals surface area contributed by atoms with Crippen molar-refractivity contribution in [2.24, 2.45) is 5.92 Å². The summed E-state index contributed by atoms with van der Waals surface area (Å²) in [5.74, 6) is 0.715. The van der Waals surface area contributed by atoms with Crippen molar-refractivity contribution in [3.8, 4) is 0 Å². The average Bonchev–Trinajstić information content (AvgIpc) is 2.64. The van der Waals surface area contributed by atoms with Crippen molar-refractivity contribution < 1.29 is 14.3 Å². The molecule has 2 fully saturated rings. The van der Waals surface area contributed by atoms with Gasteiger partial charge in [0.05, 0.1) is 19.1 Å². The Morgan fingerprint density at radius 1 is 1.31 bits per heavy atom. The van der Waals surface area contributed by atoms with Gasteiger partial charge in [-0.05, 0) is 49.4 Å². The third kappa shape index (κ3) is 4.83. The standard InChI is InChI=1S/C20H29N3O3/c1-14-5-8-23(9-6-14)20(25)16-3-4-18(15(2)11-16)22-19(24)12-17-13-21-7-10-26-17/h3-4,11,14,17,21H,5-10,12-13H2,1-2H3,(H,22,24). The maximum absolute atomic E-state index is 12.7. The third-order valence-electron chi connectivity index (χ3n) is 5.24. The van der Waals surface area contributed by atoms with Crippen molar-refractivity contribution in [2.45, 2.75) is 39.2 Å². The zero-order valence-corrected chi connectivity index (χ0v) is 15.7. The first-order chi connectivity index (χ1) is 12.5. The van der Waals surface area contributed by atoms with E-state index in [-0.39, 0.29) is 17.9 Å². The number of rotatable bonds is 4. The maximum atomic E-state index is 12.7. The molecule has 1 aromatic rings. The minimum Gasteiger partial charge on any atom is -0.375 e. The Labute approximate surface area is 155 Å². The first-order valence-corrected chi connectivity index (χ1v) is 9.55. The van der Waals surface area contributed by atoms with Crippen LogP contribution in [0.1, 0.15) is 42.1 Å². The van der Waals surface area contributed by atoms with Crippen LogP contribution < -0.4 is 10.6 Å². The van der Waals surface area contributed by atoms with Crippen molar-refractivity contribution in [3.05, 3.63) is 29.3 Å². The van der Waals surface area contributed by atoms with Crippen LogP contribution in [0.2, 0.25) is 0 Å². The van der Waals surface area contributed by atoms with E-state index >= 15 is 0 Å². The predicted molar refractivity (Wildman–Crippen MR) is 101 cm³/mol. The summed E-state index contributed by atoms with van der Waals surface area (Å²) in [7, 11) is 0. The van der Waals surface area contributed by atoms with Crippen LogP contribution in [0.25, 0.3) is 0 Å². The van der Waals surface area contributed by atoms with E-state index in [0.717, 1.165) is 43.7 Å². The molecule has 6 heteroatoms. The van der Waals surface area contributed by atoms with Crippen LogP contribution in [0.3, 0.4) is 0 Å². The molecule has 142 valence electrons. The quantitative estimate of drug-likeness (QED) is 0.864. The summed E-state index contributed by atoms with van der Waals surface area (Å²) in [4.78, 5) is 26.8. The Morgan fingerprint density at radius 2 is 2.08 bits per heavy atom. The Hall–Kier alpha value is -1.92. The SMILES string of the molecule is Cc1cc(C(=O)N2CCC(C)CC2)ccc1NC(=O)CC1CNCCO1. The summed E-state index contributed by atoms with van der Waals surface area (Å²) in [6.45, 7) is 7.99. The fraction of sp³-hybridized carbons (Fsp3) is 0.600. The highest BCUT2D eigenvalue weighted by atomic mass is 16.5. The summed E-state index contributed by atoms with van der Waals surface area (Å²) in [5, 5.41) is 6.16. The monoisotopic (exact) mass is 359 g/mol. The van der Waals surface area contributed by atoms with Gasteiger partial charge in [-0.1, -0.05) is 6.92 Å². The molecule has 1 aromatic carbocycles. The molecule has 2 aliphatic heterocycles. The number of hydrogen-bond donors (Lipinski definition) is 2. The largest absolute Gasteiger partial charge is 0.375 e. The zero-order chi connectivity index (χ0) is 18.5. The lowest BCUT2D eigenvalue weighted by atomic mass is 9.98. The smallest absolute Gasteiger partial charge is 0.253 e.